The Morgan fingerprint density at radius 1 is 1.27 bits per heavy atom. The van der Waals surface area contributed by atoms with Crippen LogP contribution in [0.1, 0.15) is 31.4 Å². The molecule has 1 saturated heterocycles. The van der Waals surface area contributed by atoms with Crippen LogP contribution in [-0.4, -0.2) is 43.2 Å². The number of hydrogen-bond acceptors (Lipinski definition) is 4. The summed E-state index contributed by atoms with van der Waals surface area (Å²) >= 11 is 0. The van der Waals surface area contributed by atoms with E-state index in [1.54, 1.807) is 6.20 Å². The Balaban J connectivity index is 1.67. The maximum absolute atomic E-state index is 12.7. The van der Waals surface area contributed by atoms with Crippen LogP contribution in [0.25, 0.3) is 0 Å². The minimum absolute atomic E-state index is 0.0826. The summed E-state index contributed by atoms with van der Waals surface area (Å²) in [4.78, 5) is 20.9. The van der Waals surface area contributed by atoms with Gasteiger partial charge in [-0.05, 0) is 49.6 Å². The van der Waals surface area contributed by atoms with E-state index in [-0.39, 0.29) is 12.1 Å². The molecule has 1 unspecified atom stereocenters. The molecule has 2 heterocycles. The quantitative estimate of drug-likeness (QED) is 0.884. The number of nitrogens with zero attached hydrogens (tertiary/aromatic N) is 3. The molecule has 0 radical (unpaired) electrons. The first-order valence-electron chi connectivity index (χ1n) is 9.02. The van der Waals surface area contributed by atoms with Crippen molar-refractivity contribution in [3.8, 4) is 5.75 Å². The number of benzene rings is 1. The highest BCUT2D eigenvalue weighted by atomic mass is 16.5. The molecule has 6 nitrogen and oxygen atoms in total. The molecule has 1 atom stereocenters. The van der Waals surface area contributed by atoms with Gasteiger partial charge < -0.3 is 19.9 Å². The Bertz CT molecular complexity index is 728. The lowest BCUT2D eigenvalue weighted by Gasteiger charge is -2.25. The van der Waals surface area contributed by atoms with Gasteiger partial charge in [0.05, 0.1) is 24.5 Å². The minimum atomic E-state index is -0.0826. The van der Waals surface area contributed by atoms with Gasteiger partial charge in [0, 0.05) is 20.6 Å². The maximum atomic E-state index is 12.7. The van der Waals surface area contributed by atoms with Crippen LogP contribution in [0.2, 0.25) is 0 Å². The van der Waals surface area contributed by atoms with Crippen LogP contribution in [0.5, 0.6) is 5.75 Å². The molecule has 1 aromatic carbocycles. The fraction of sp³-hybridized carbons (Fsp3) is 0.400. The van der Waals surface area contributed by atoms with E-state index in [4.69, 9.17) is 4.74 Å². The lowest BCUT2D eigenvalue weighted by molar-refractivity contribution is 0.207. The second-order valence-corrected chi connectivity index (χ2v) is 6.58. The molecule has 1 N–H and O–H groups in total. The Morgan fingerprint density at radius 3 is 2.65 bits per heavy atom. The summed E-state index contributed by atoms with van der Waals surface area (Å²) in [5.41, 5.74) is 1.85. The lowest BCUT2D eigenvalue weighted by Crippen LogP contribution is -2.34. The SMILES string of the molecule is CCOc1ccc(C2CCCN2C(=O)Nc2ccc(N(C)C)nc2)cc1. The number of ether oxygens (including phenoxy) is 1. The van der Waals surface area contributed by atoms with Crippen molar-refractivity contribution in [1.82, 2.24) is 9.88 Å². The van der Waals surface area contributed by atoms with Crippen molar-refractivity contribution in [2.45, 2.75) is 25.8 Å². The third-order valence-electron chi connectivity index (χ3n) is 4.55. The van der Waals surface area contributed by atoms with E-state index in [1.807, 2.05) is 55.1 Å². The van der Waals surface area contributed by atoms with Crippen molar-refractivity contribution in [2.24, 2.45) is 0 Å². The summed E-state index contributed by atoms with van der Waals surface area (Å²) in [5.74, 6) is 1.72. The van der Waals surface area contributed by atoms with Crippen LogP contribution in [0, 0.1) is 0 Å². The molecule has 2 aromatic rings. The Labute approximate surface area is 154 Å². The van der Waals surface area contributed by atoms with Gasteiger partial charge in [0.1, 0.15) is 11.6 Å². The number of likely N-dealkylation sites (tertiary alicyclic amines) is 1. The first kappa shape index (κ1) is 18.0. The third-order valence-corrected chi connectivity index (χ3v) is 4.55. The van der Waals surface area contributed by atoms with Crippen LogP contribution < -0.4 is 15.0 Å². The number of aromatic nitrogens is 1. The van der Waals surface area contributed by atoms with Crippen LogP contribution >= 0.6 is 0 Å². The van der Waals surface area contributed by atoms with Crippen molar-refractivity contribution < 1.29 is 9.53 Å². The fourth-order valence-electron chi connectivity index (χ4n) is 3.23. The number of anilines is 2. The number of pyridine rings is 1. The van der Waals surface area contributed by atoms with Gasteiger partial charge in [0.25, 0.3) is 0 Å². The molecule has 1 aliphatic rings. The zero-order chi connectivity index (χ0) is 18.5. The normalized spacial score (nSPS) is 16.4. The molecule has 1 aliphatic heterocycles. The van der Waals surface area contributed by atoms with Gasteiger partial charge in [0.15, 0.2) is 0 Å². The van der Waals surface area contributed by atoms with Gasteiger partial charge in [-0.25, -0.2) is 9.78 Å². The summed E-state index contributed by atoms with van der Waals surface area (Å²) in [6.45, 7) is 3.38. The van der Waals surface area contributed by atoms with Crippen LogP contribution in [0.15, 0.2) is 42.6 Å². The number of nitrogens with one attached hydrogen (secondary N) is 1. The monoisotopic (exact) mass is 354 g/mol. The van der Waals surface area contributed by atoms with Crippen molar-refractivity contribution in [3.63, 3.8) is 0 Å². The summed E-state index contributed by atoms with van der Waals surface area (Å²) in [5, 5.41) is 2.96. The van der Waals surface area contributed by atoms with Crippen LogP contribution in [-0.2, 0) is 0 Å². The van der Waals surface area contributed by atoms with Crippen molar-refractivity contribution in [1.29, 1.82) is 0 Å². The Morgan fingerprint density at radius 2 is 2.04 bits per heavy atom. The number of carbonyl (C=O) groups excluding carboxylic acids is 1. The van der Waals surface area contributed by atoms with Gasteiger partial charge in [0.2, 0.25) is 0 Å². The van der Waals surface area contributed by atoms with Gasteiger partial charge in [-0.3, -0.25) is 0 Å². The second-order valence-electron chi connectivity index (χ2n) is 6.58. The summed E-state index contributed by atoms with van der Waals surface area (Å²) in [6.07, 6.45) is 3.66. The average Bonchev–Trinajstić information content (AvgIpc) is 3.13. The Hall–Kier alpha value is -2.76. The van der Waals surface area contributed by atoms with Crippen LogP contribution in [0.3, 0.4) is 0 Å². The van der Waals surface area contributed by atoms with Gasteiger partial charge >= 0.3 is 6.03 Å². The highest BCUT2D eigenvalue weighted by Crippen LogP contribution is 2.33. The van der Waals surface area contributed by atoms with Gasteiger partial charge in [-0.15, -0.1) is 0 Å². The summed E-state index contributed by atoms with van der Waals surface area (Å²) in [6, 6.07) is 11.8. The van der Waals surface area contributed by atoms with E-state index in [0.717, 1.165) is 36.5 Å². The third kappa shape index (κ3) is 4.07. The molecular formula is C20H26N4O2. The van der Waals surface area contributed by atoms with Crippen molar-refractivity contribution in [3.05, 3.63) is 48.2 Å². The van der Waals surface area contributed by atoms with E-state index < -0.39 is 0 Å². The molecule has 0 spiro atoms. The molecule has 138 valence electrons. The zero-order valence-electron chi connectivity index (χ0n) is 15.6. The molecule has 0 aliphatic carbocycles. The molecule has 0 saturated carbocycles. The molecule has 1 fully saturated rings. The van der Waals surface area contributed by atoms with Crippen molar-refractivity contribution >= 4 is 17.5 Å². The minimum Gasteiger partial charge on any atom is -0.494 e. The van der Waals surface area contributed by atoms with E-state index in [1.165, 1.54) is 0 Å². The van der Waals surface area contributed by atoms with Gasteiger partial charge in [-0.2, -0.15) is 0 Å². The molecule has 2 amide bonds. The number of urea groups is 1. The first-order valence-corrected chi connectivity index (χ1v) is 9.02. The van der Waals surface area contributed by atoms with Crippen molar-refractivity contribution in [2.75, 3.05) is 37.5 Å². The molecule has 0 bridgehead atoms. The largest absolute Gasteiger partial charge is 0.494 e. The number of amides is 2. The molecule has 6 heteroatoms. The standard InChI is InChI=1S/C20H26N4O2/c1-4-26-17-10-7-15(8-11-17)18-6-5-13-24(18)20(25)22-16-9-12-19(21-14-16)23(2)3/h7-12,14,18H,4-6,13H2,1-3H3,(H,22,25). The highest BCUT2D eigenvalue weighted by Gasteiger charge is 2.30. The van der Waals surface area contributed by atoms with E-state index >= 15 is 0 Å². The molecule has 1 aromatic heterocycles. The fourth-order valence-corrected chi connectivity index (χ4v) is 3.23. The first-order chi connectivity index (χ1) is 12.6. The maximum Gasteiger partial charge on any atom is 0.322 e. The Kier molecular flexibility index (Phi) is 5.61. The van der Waals surface area contributed by atoms with Crippen LogP contribution in [0.4, 0.5) is 16.3 Å². The predicted molar refractivity (Wildman–Crippen MR) is 104 cm³/mol. The molecule has 3 rings (SSSR count). The van der Waals surface area contributed by atoms with E-state index in [0.29, 0.717) is 12.3 Å². The number of hydrogen-bond donors (Lipinski definition) is 1. The van der Waals surface area contributed by atoms with E-state index in [2.05, 4.69) is 22.4 Å². The van der Waals surface area contributed by atoms with Gasteiger partial charge in [-0.1, -0.05) is 12.1 Å². The predicted octanol–water partition coefficient (Wildman–Crippen LogP) is 3.92. The summed E-state index contributed by atoms with van der Waals surface area (Å²) < 4.78 is 5.50. The number of rotatable bonds is 5. The second kappa shape index (κ2) is 8.08. The lowest BCUT2D eigenvalue weighted by atomic mass is 10.0. The highest BCUT2D eigenvalue weighted by molar-refractivity contribution is 5.89. The zero-order valence-corrected chi connectivity index (χ0v) is 15.6. The smallest absolute Gasteiger partial charge is 0.322 e. The topological polar surface area (TPSA) is 57.7 Å². The van der Waals surface area contributed by atoms with E-state index in [9.17, 15) is 4.79 Å². The average molecular weight is 354 g/mol. The summed E-state index contributed by atoms with van der Waals surface area (Å²) in [7, 11) is 3.87. The molecular weight excluding hydrogens is 328 g/mol. The molecule has 26 heavy (non-hydrogen) atoms. The number of carbonyl (C=O) groups is 1.